The van der Waals surface area contributed by atoms with Gasteiger partial charge in [0.2, 0.25) is 0 Å². The molecule has 3 aliphatic heterocycles. The molecule has 0 spiro atoms. The number of likely N-dealkylation sites (tertiary alicyclic amines) is 1. The first-order valence-electron chi connectivity index (χ1n) is 14.5. The number of para-hydroxylation sites is 1. The minimum absolute atomic E-state index is 0.104. The number of fused-ring (bicyclic) bond motifs is 2. The number of aryl methyl sites for hydroxylation is 2. The van der Waals surface area contributed by atoms with Gasteiger partial charge in [-0.15, -0.1) is 0 Å². The zero-order valence-electron chi connectivity index (χ0n) is 22.4. The van der Waals surface area contributed by atoms with Crippen LogP contribution in [0.5, 0.6) is 0 Å². The summed E-state index contributed by atoms with van der Waals surface area (Å²) in [6.07, 6.45) is 7.68. The van der Waals surface area contributed by atoms with Crippen molar-refractivity contribution in [3.63, 3.8) is 0 Å². The van der Waals surface area contributed by atoms with E-state index in [2.05, 4.69) is 22.5 Å². The highest BCUT2D eigenvalue weighted by atomic mass is 19.1. The van der Waals surface area contributed by atoms with Crippen LogP contribution in [0.4, 0.5) is 10.2 Å². The summed E-state index contributed by atoms with van der Waals surface area (Å²) in [5, 5.41) is 19.2. The number of benzene rings is 1. The second kappa shape index (κ2) is 11.6. The third-order valence-electron chi connectivity index (χ3n) is 8.68. The monoisotopic (exact) mass is 535 g/mol. The summed E-state index contributed by atoms with van der Waals surface area (Å²) in [5.74, 6) is -0.0391. The molecule has 39 heavy (non-hydrogen) atoms. The summed E-state index contributed by atoms with van der Waals surface area (Å²) in [4.78, 5) is 19.3. The molecule has 2 N–H and O–H groups in total. The van der Waals surface area contributed by atoms with Crippen molar-refractivity contribution in [2.24, 2.45) is 5.92 Å². The van der Waals surface area contributed by atoms with Crippen molar-refractivity contribution in [3.8, 4) is 0 Å². The summed E-state index contributed by atoms with van der Waals surface area (Å²) in [5.41, 5.74) is 3.93. The number of anilines is 1. The Kier molecular flexibility index (Phi) is 7.79. The van der Waals surface area contributed by atoms with Crippen LogP contribution in [0, 0.1) is 5.92 Å². The lowest BCUT2D eigenvalue weighted by molar-refractivity contribution is -0.143. The van der Waals surface area contributed by atoms with E-state index in [9.17, 15) is 9.90 Å². The molecule has 0 bridgehead atoms. The predicted octanol–water partition coefficient (Wildman–Crippen LogP) is 4.95. The van der Waals surface area contributed by atoms with E-state index >= 15 is 4.39 Å². The summed E-state index contributed by atoms with van der Waals surface area (Å²) < 4.78 is 22.9. The number of unbranched alkanes of at least 4 members (excludes halogenated alkanes) is 1. The number of carboxylic acid groups (broad SMARTS) is 1. The van der Waals surface area contributed by atoms with Gasteiger partial charge < -0.3 is 15.2 Å². The van der Waals surface area contributed by atoms with Gasteiger partial charge in [-0.3, -0.25) is 14.4 Å². The Hall–Kier alpha value is -3.04. The Morgan fingerprint density at radius 3 is 3.00 bits per heavy atom. The maximum absolute atomic E-state index is 15.3. The lowest BCUT2D eigenvalue weighted by atomic mass is 9.97. The number of aliphatic carboxylic acids is 1. The molecule has 6 rings (SSSR count). The van der Waals surface area contributed by atoms with E-state index in [-0.39, 0.29) is 12.0 Å². The number of aromatic nitrogens is 3. The van der Waals surface area contributed by atoms with Gasteiger partial charge in [0.15, 0.2) is 0 Å². The van der Waals surface area contributed by atoms with E-state index in [0.717, 1.165) is 73.0 Å². The van der Waals surface area contributed by atoms with Gasteiger partial charge in [0.1, 0.15) is 18.0 Å². The summed E-state index contributed by atoms with van der Waals surface area (Å²) in [6.45, 7) is 3.27. The zero-order valence-corrected chi connectivity index (χ0v) is 22.4. The Morgan fingerprint density at radius 1 is 1.23 bits per heavy atom. The average Bonchev–Trinajstić information content (AvgIpc) is 3.72. The quantitative estimate of drug-likeness (QED) is 0.355. The fourth-order valence-corrected chi connectivity index (χ4v) is 6.56. The molecule has 2 fully saturated rings. The van der Waals surface area contributed by atoms with Crippen LogP contribution in [0.25, 0.3) is 10.9 Å². The number of hydrogen-bond acceptors (Lipinski definition) is 6. The van der Waals surface area contributed by atoms with Gasteiger partial charge in [-0.2, -0.15) is 5.10 Å². The molecule has 3 aromatic rings. The number of pyridine rings is 1. The summed E-state index contributed by atoms with van der Waals surface area (Å²) >= 11 is 0. The summed E-state index contributed by atoms with van der Waals surface area (Å²) in [6, 6.07) is 9.30. The van der Waals surface area contributed by atoms with Gasteiger partial charge in [-0.1, -0.05) is 30.7 Å². The fourth-order valence-electron chi connectivity index (χ4n) is 6.56. The molecule has 208 valence electrons. The molecular weight excluding hydrogens is 497 g/mol. The Bertz CT molecular complexity index is 1310. The van der Waals surface area contributed by atoms with E-state index in [1.54, 1.807) is 6.20 Å². The molecule has 0 amide bonds. The fraction of sp³-hybridized carbons (Fsp3) is 0.567. The van der Waals surface area contributed by atoms with Crippen molar-refractivity contribution in [1.82, 2.24) is 19.7 Å². The number of nitrogens with one attached hydrogen (secondary N) is 1. The topological polar surface area (TPSA) is 92.5 Å². The van der Waals surface area contributed by atoms with Crippen molar-refractivity contribution in [1.29, 1.82) is 0 Å². The minimum Gasteiger partial charge on any atom is -0.480 e. The van der Waals surface area contributed by atoms with Crippen LogP contribution >= 0.6 is 0 Å². The maximum atomic E-state index is 15.3. The van der Waals surface area contributed by atoms with Gasteiger partial charge in [-0.25, -0.2) is 9.37 Å². The maximum Gasteiger partial charge on any atom is 0.325 e. The third kappa shape index (κ3) is 5.52. The number of halogens is 1. The first-order valence-corrected chi connectivity index (χ1v) is 14.5. The molecule has 5 heterocycles. The number of carbonyl (C=O) groups is 1. The van der Waals surface area contributed by atoms with Crippen molar-refractivity contribution >= 4 is 22.7 Å². The predicted molar refractivity (Wildman–Crippen MR) is 148 cm³/mol. The Balaban J connectivity index is 1.07. The van der Waals surface area contributed by atoms with Gasteiger partial charge >= 0.3 is 5.97 Å². The lowest BCUT2D eigenvalue weighted by Gasteiger charge is -2.26. The smallest absolute Gasteiger partial charge is 0.325 e. The van der Waals surface area contributed by atoms with Crippen LogP contribution in [-0.2, 0) is 22.4 Å². The van der Waals surface area contributed by atoms with Gasteiger partial charge in [-0.05, 0) is 63.1 Å². The lowest BCUT2D eigenvalue weighted by Crippen LogP contribution is -2.34. The highest BCUT2D eigenvalue weighted by Crippen LogP contribution is 2.36. The molecule has 0 aliphatic carbocycles. The molecular formula is C30H38FN5O3. The normalized spacial score (nSPS) is 23.0. The molecule has 8 nitrogen and oxygen atoms in total. The minimum atomic E-state index is -0.931. The number of hydrogen-bond donors (Lipinski definition) is 2. The van der Waals surface area contributed by atoms with Crippen LogP contribution in [0.2, 0.25) is 0 Å². The number of nitrogens with zero attached hydrogens (tertiary/aromatic N) is 4. The van der Waals surface area contributed by atoms with Crippen LogP contribution in [-0.4, -0.2) is 69.8 Å². The van der Waals surface area contributed by atoms with Gasteiger partial charge in [0.25, 0.3) is 0 Å². The van der Waals surface area contributed by atoms with Gasteiger partial charge in [0, 0.05) is 42.3 Å². The number of alkyl halides is 1. The highest BCUT2D eigenvalue weighted by molar-refractivity contribution is 5.88. The number of ether oxygens (including phenoxy) is 1. The third-order valence-corrected chi connectivity index (χ3v) is 8.68. The molecule has 1 unspecified atom stereocenters. The van der Waals surface area contributed by atoms with Crippen molar-refractivity contribution in [3.05, 3.63) is 53.3 Å². The molecule has 9 heteroatoms. The first-order chi connectivity index (χ1) is 19.1. The van der Waals surface area contributed by atoms with E-state index < -0.39 is 18.2 Å². The Labute approximate surface area is 228 Å². The second-order valence-electron chi connectivity index (χ2n) is 11.3. The van der Waals surface area contributed by atoms with Crippen LogP contribution in [0.15, 0.2) is 36.5 Å². The van der Waals surface area contributed by atoms with Crippen LogP contribution < -0.4 is 5.32 Å². The summed E-state index contributed by atoms with van der Waals surface area (Å²) in [7, 11) is 0. The SMILES string of the molecule is O=C(O)[C@@H](c1cccc2cnn([C@@H]3CCOC3)c12)N1CC[C@@H](C(F)CCCCc2ccc3c(n2)NCCC3)C1. The molecule has 0 radical (unpaired) electrons. The van der Waals surface area contributed by atoms with Crippen molar-refractivity contribution in [2.75, 3.05) is 38.2 Å². The van der Waals surface area contributed by atoms with E-state index in [1.165, 1.54) is 5.56 Å². The van der Waals surface area contributed by atoms with Crippen molar-refractivity contribution < 1.29 is 19.0 Å². The second-order valence-corrected chi connectivity index (χ2v) is 11.3. The Morgan fingerprint density at radius 2 is 2.15 bits per heavy atom. The van der Waals surface area contributed by atoms with Crippen molar-refractivity contribution in [2.45, 2.75) is 69.6 Å². The van der Waals surface area contributed by atoms with E-state index in [0.29, 0.717) is 39.1 Å². The molecule has 0 saturated carbocycles. The standard InChI is InChI=1S/C30H38FN5O3/c31-26(9-2-1-7-23-11-10-20-6-4-14-32-29(20)34-23)22-12-15-35(18-22)28(30(37)38)25-8-3-5-21-17-33-36(27(21)25)24-13-16-39-19-24/h3,5,8,10-11,17,22,24,26,28H,1-2,4,6-7,9,12-16,18-19H2,(H,32,34)(H,37,38)/t22-,24-,26?,28-/m1/s1. The zero-order chi connectivity index (χ0) is 26.8. The number of rotatable bonds is 10. The highest BCUT2D eigenvalue weighted by Gasteiger charge is 2.38. The number of carboxylic acids is 1. The molecule has 3 aliphatic rings. The van der Waals surface area contributed by atoms with E-state index in [1.807, 2.05) is 27.8 Å². The molecule has 2 saturated heterocycles. The largest absolute Gasteiger partial charge is 0.480 e. The van der Waals surface area contributed by atoms with Crippen LogP contribution in [0.3, 0.4) is 0 Å². The average molecular weight is 536 g/mol. The molecule has 2 aromatic heterocycles. The van der Waals surface area contributed by atoms with Crippen LogP contribution in [0.1, 0.15) is 67.4 Å². The first kappa shape index (κ1) is 26.2. The van der Waals surface area contributed by atoms with Gasteiger partial charge in [0.05, 0.1) is 24.4 Å². The molecule has 1 aromatic carbocycles. The molecule has 4 atom stereocenters. The van der Waals surface area contributed by atoms with E-state index in [4.69, 9.17) is 9.72 Å².